The lowest BCUT2D eigenvalue weighted by Crippen LogP contribution is -2.30. The molecular weight excluding hydrogens is 244 g/mol. The predicted molar refractivity (Wildman–Crippen MR) is 72.5 cm³/mol. The molecule has 2 rings (SSSR count). The van der Waals surface area contributed by atoms with Gasteiger partial charge in [-0.2, -0.15) is 0 Å². The van der Waals surface area contributed by atoms with Crippen molar-refractivity contribution in [3.8, 4) is 0 Å². The average Bonchev–Trinajstić information content (AvgIpc) is 2.84. The summed E-state index contributed by atoms with van der Waals surface area (Å²) in [5, 5.41) is 8.94. The molecule has 1 atom stereocenters. The van der Waals surface area contributed by atoms with E-state index in [0.717, 1.165) is 19.6 Å². The van der Waals surface area contributed by atoms with Gasteiger partial charge in [0, 0.05) is 25.4 Å². The first kappa shape index (κ1) is 13.8. The van der Waals surface area contributed by atoms with Crippen molar-refractivity contribution in [1.29, 1.82) is 0 Å². The SMILES string of the molecule is CC(CN1CCCC1)Cn1cc(C(=O)O)ccc1=O. The monoisotopic (exact) mass is 264 g/mol. The van der Waals surface area contributed by atoms with Crippen molar-refractivity contribution < 1.29 is 9.90 Å². The van der Waals surface area contributed by atoms with Gasteiger partial charge < -0.3 is 14.6 Å². The number of nitrogens with zero attached hydrogens (tertiary/aromatic N) is 2. The second-order valence-corrected chi connectivity index (χ2v) is 5.33. The van der Waals surface area contributed by atoms with Gasteiger partial charge in [0.25, 0.3) is 5.56 Å². The van der Waals surface area contributed by atoms with E-state index in [0.29, 0.717) is 12.5 Å². The lowest BCUT2D eigenvalue weighted by atomic mass is 10.1. The van der Waals surface area contributed by atoms with Crippen molar-refractivity contribution in [2.24, 2.45) is 5.92 Å². The molecule has 19 heavy (non-hydrogen) atoms. The fourth-order valence-corrected chi connectivity index (χ4v) is 2.60. The molecule has 104 valence electrons. The average molecular weight is 264 g/mol. The van der Waals surface area contributed by atoms with E-state index in [-0.39, 0.29) is 11.1 Å². The van der Waals surface area contributed by atoms with Gasteiger partial charge in [-0.25, -0.2) is 4.79 Å². The maximum absolute atomic E-state index is 11.7. The molecular formula is C14H20N2O3. The Morgan fingerprint density at radius 3 is 2.63 bits per heavy atom. The van der Waals surface area contributed by atoms with Gasteiger partial charge in [-0.05, 0) is 37.9 Å². The van der Waals surface area contributed by atoms with E-state index in [1.54, 1.807) is 0 Å². The third kappa shape index (κ3) is 3.67. The highest BCUT2D eigenvalue weighted by Crippen LogP contribution is 2.11. The molecule has 1 aromatic heterocycles. The van der Waals surface area contributed by atoms with E-state index in [1.165, 1.54) is 35.7 Å². The first-order valence-electron chi connectivity index (χ1n) is 6.72. The smallest absolute Gasteiger partial charge is 0.337 e. The first-order chi connectivity index (χ1) is 9.06. The number of carboxylic acids is 1. The van der Waals surface area contributed by atoms with Crippen LogP contribution >= 0.6 is 0 Å². The zero-order valence-electron chi connectivity index (χ0n) is 11.2. The van der Waals surface area contributed by atoms with E-state index in [9.17, 15) is 9.59 Å². The third-order valence-corrected chi connectivity index (χ3v) is 3.51. The molecule has 1 aromatic rings. The number of hydrogen-bond donors (Lipinski definition) is 1. The second kappa shape index (κ2) is 6.02. The van der Waals surface area contributed by atoms with Crippen LogP contribution in [0.5, 0.6) is 0 Å². The quantitative estimate of drug-likeness (QED) is 0.870. The molecule has 1 saturated heterocycles. The molecule has 5 heteroatoms. The minimum Gasteiger partial charge on any atom is -0.478 e. The summed E-state index contributed by atoms with van der Waals surface area (Å²) >= 11 is 0. The fraction of sp³-hybridized carbons (Fsp3) is 0.571. The van der Waals surface area contributed by atoms with Crippen LogP contribution in [0, 0.1) is 5.92 Å². The number of carbonyl (C=O) groups is 1. The number of pyridine rings is 1. The molecule has 0 radical (unpaired) electrons. The molecule has 0 amide bonds. The van der Waals surface area contributed by atoms with Gasteiger partial charge in [-0.1, -0.05) is 6.92 Å². The van der Waals surface area contributed by atoms with Gasteiger partial charge in [0.15, 0.2) is 0 Å². The Labute approximate surface area is 112 Å². The Kier molecular flexibility index (Phi) is 4.37. The first-order valence-corrected chi connectivity index (χ1v) is 6.72. The van der Waals surface area contributed by atoms with Crippen LogP contribution in [0.15, 0.2) is 23.1 Å². The molecule has 0 saturated carbocycles. The molecule has 1 N–H and O–H groups in total. The maximum atomic E-state index is 11.7. The van der Waals surface area contributed by atoms with E-state index in [2.05, 4.69) is 11.8 Å². The third-order valence-electron chi connectivity index (χ3n) is 3.51. The number of likely N-dealkylation sites (tertiary alicyclic amines) is 1. The van der Waals surface area contributed by atoms with Crippen molar-refractivity contribution >= 4 is 5.97 Å². The summed E-state index contributed by atoms with van der Waals surface area (Å²) in [5.41, 5.74) is 0.0197. The van der Waals surface area contributed by atoms with Crippen LogP contribution < -0.4 is 5.56 Å². The number of rotatable bonds is 5. The van der Waals surface area contributed by atoms with Gasteiger partial charge in [-0.3, -0.25) is 4.79 Å². The lowest BCUT2D eigenvalue weighted by Gasteiger charge is -2.20. The number of aromatic carboxylic acids is 1. The van der Waals surface area contributed by atoms with E-state index < -0.39 is 5.97 Å². The largest absolute Gasteiger partial charge is 0.478 e. The summed E-state index contributed by atoms with van der Waals surface area (Å²) < 4.78 is 1.50. The zero-order valence-corrected chi connectivity index (χ0v) is 11.2. The Hall–Kier alpha value is -1.62. The van der Waals surface area contributed by atoms with Gasteiger partial charge in [-0.15, -0.1) is 0 Å². The molecule has 2 heterocycles. The molecule has 1 fully saturated rings. The number of carboxylic acid groups (broad SMARTS) is 1. The minimum atomic E-state index is -0.999. The van der Waals surface area contributed by atoms with E-state index in [1.807, 2.05) is 0 Å². The van der Waals surface area contributed by atoms with Crippen LogP contribution in [0.4, 0.5) is 0 Å². The Bertz CT molecular complexity index is 504. The highest BCUT2D eigenvalue weighted by molar-refractivity contribution is 5.87. The highest BCUT2D eigenvalue weighted by atomic mass is 16.4. The minimum absolute atomic E-state index is 0.140. The van der Waals surface area contributed by atoms with Crippen molar-refractivity contribution in [2.45, 2.75) is 26.3 Å². The van der Waals surface area contributed by atoms with Gasteiger partial charge >= 0.3 is 5.97 Å². The van der Waals surface area contributed by atoms with Crippen molar-refractivity contribution in [2.75, 3.05) is 19.6 Å². The van der Waals surface area contributed by atoms with Crippen LogP contribution in [-0.2, 0) is 6.54 Å². The van der Waals surface area contributed by atoms with E-state index >= 15 is 0 Å². The number of hydrogen-bond acceptors (Lipinski definition) is 3. The molecule has 0 aromatic carbocycles. The summed E-state index contributed by atoms with van der Waals surface area (Å²) in [6.07, 6.45) is 3.94. The van der Waals surface area contributed by atoms with Gasteiger partial charge in [0.1, 0.15) is 0 Å². The van der Waals surface area contributed by atoms with Crippen molar-refractivity contribution in [3.05, 3.63) is 34.2 Å². The summed E-state index contributed by atoms with van der Waals surface area (Å²) in [4.78, 5) is 25.0. The van der Waals surface area contributed by atoms with Crippen LogP contribution in [-0.4, -0.2) is 40.2 Å². The Morgan fingerprint density at radius 2 is 2.00 bits per heavy atom. The lowest BCUT2D eigenvalue weighted by molar-refractivity contribution is 0.0695. The normalized spacial score (nSPS) is 17.5. The van der Waals surface area contributed by atoms with Crippen LogP contribution in [0.3, 0.4) is 0 Å². The van der Waals surface area contributed by atoms with Crippen LogP contribution in [0.2, 0.25) is 0 Å². The van der Waals surface area contributed by atoms with Gasteiger partial charge in [0.2, 0.25) is 0 Å². The molecule has 0 spiro atoms. The summed E-state index contributed by atoms with van der Waals surface area (Å²) in [6, 6.07) is 2.68. The molecule has 1 aliphatic heterocycles. The molecule has 0 aliphatic carbocycles. The highest BCUT2D eigenvalue weighted by Gasteiger charge is 2.15. The summed E-state index contributed by atoms with van der Waals surface area (Å²) in [7, 11) is 0. The van der Waals surface area contributed by atoms with Crippen LogP contribution in [0.1, 0.15) is 30.1 Å². The zero-order chi connectivity index (χ0) is 13.8. The topological polar surface area (TPSA) is 62.5 Å². The van der Waals surface area contributed by atoms with E-state index in [4.69, 9.17) is 5.11 Å². The summed E-state index contributed by atoms with van der Waals surface area (Å²) in [5.74, 6) is -0.666. The molecule has 5 nitrogen and oxygen atoms in total. The second-order valence-electron chi connectivity index (χ2n) is 5.33. The number of aromatic nitrogens is 1. The Morgan fingerprint density at radius 1 is 1.32 bits per heavy atom. The summed E-state index contributed by atoms with van der Waals surface area (Å²) in [6.45, 7) is 5.89. The molecule has 0 bridgehead atoms. The fourth-order valence-electron chi connectivity index (χ4n) is 2.60. The molecule has 1 unspecified atom stereocenters. The maximum Gasteiger partial charge on any atom is 0.337 e. The Balaban J connectivity index is 2.02. The standard InChI is InChI=1S/C14H20N2O3/c1-11(8-15-6-2-3-7-15)9-16-10-12(14(18)19)4-5-13(16)17/h4-5,10-11H,2-3,6-9H2,1H3,(H,18,19). The van der Waals surface area contributed by atoms with Gasteiger partial charge in [0.05, 0.1) is 5.56 Å². The van der Waals surface area contributed by atoms with Crippen molar-refractivity contribution in [3.63, 3.8) is 0 Å². The van der Waals surface area contributed by atoms with Crippen molar-refractivity contribution in [1.82, 2.24) is 9.47 Å². The molecule has 1 aliphatic rings. The predicted octanol–water partition coefficient (Wildman–Crippen LogP) is 1.28. The van der Waals surface area contributed by atoms with Crippen LogP contribution in [0.25, 0.3) is 0 Å².